The highest BCUT2D eigenvalue weighted by molar-refractivity contribution is 5.79. The quantitative estimate of drug-likeness (QED) is 0.568. The van der Waals surface area contributed by atoms with Gasteiger partial charge in [0.15, 0.2) is 5.82 Å². The molecule has 6 nitrogen and oxygen atoms in total. The zero-order chi connectivity index (χ0) is 20.9. The van der Waals surface area contributed by atoms with E-state index in [0.717, 1.165) is 24.2 Å². The van der Waals surface area contributed by atoms with Crippen LogP contribution in [0.15, 0.2) is 53.1 Å². The van der Waals surface area contributed by atoms with Crippen LogP contribution in [-0.4, -0.2) is 34.6 Å². The van der Waals surface area contributed by atoms with Crippen LogP contribution >= 0.6 is 0 Å². The SMILES string of the molecule is CCc1ccc(CN2CC(c3noc(CCc4ccc(OC)cc4)n3)CC2=O)cc1. The summed E-state index contributed by atoms with van der Waals surface area (Å²) in [6, 6.07) is 16.4. The highest BCUT2D eigenvalue weighted by atomic mass is 16.5. The molecule has 1 fully saturated rings. The summed E-state index contributed by atoms with van der Waals surface area (Å²) >= 11 is 0. The lowest BCUT2D eigenvalue weighted by Gasteiger charge is -2.16. The lowest BCUT2D eigenvalue weighted by Crippen LogP contribution is -2.24. The number of ether oxygens (including phenoxy) is 1. The number of carbonyl (C=O) groups is 1. The second kappa shape index (κ2) is 9.11. The van der Waals surface area contributed by atoms with E-state index in [2.05, 4.69) is 41.3 Å². The van der Waals surface area contributed by atoms with E-state index in [1.54, 1.807) is 7.11 Å². The lowest BCUT2D eigenvalue weighted by atomic mass is 10.1. The van der Waals surface area contributed by atoms with Crippen LogP contribution in [0, 0.1) is 0 Å². The smallest absolute Gasteiger partial charge is 0.226 e. The van der Waals surface area contributed by atoms with E-state index < -0.39 is 0 Å². The van der Waals surface area contributed by atoms with Crippen molar-refractivity contribution in [2.45, 2.75) is 45.1 Å². The fourth-order valence-electron chi connectivity index (χ4n) is 3.78. The normalized spacial score (nSPS) is 16.3. The van der Waals surface area contributed by atoms with E-state index in [0.29, 0.717) is 37.6 Å². The van der Waals surface area contributed by atoms with Crippen molar-refractivity contribution in [3.8, 4) is 5.75 Å². The molecule has 1 aliphatic rings. The molecule has 0 aliphatic carbocycles. The van der Waals surface area contributed by atoms with Crippen molar-refractivity contribution in [2.75, 3.05) is 13.7 Å². The molecule has 0 N–H and O–H groups in total. The number of hydrogen-bond acceptors (Lipinski definition) is 5. The molecule has 0 bridgehead atoms. The van der Waals surface area contributed by atoms with Gasteiger partial charge in [-0.2, -0.15) is 4.98 Å². The third kappa shape index (κ3) is 4.70. The largest absolute Gasteiger partial charge is 0.497 e. The summed E-state index contributed by atoms with van der Waals surface area (Å²) in [5, 5.41) is 4.15. The van der Waals surface area contributed by atoms with E-state index in [1.807, 2.05) is 29.2 Å². The first-order chi connectivity index (χ1) is 14.6. The number of rotatable bonds is 8. The summed E-state index contributed by atoms with van der Waals surface area (Å²) in [6.07, 6.45) is 2.94. The van der Waals surface area contributed by atoms with E-state index in [-0.39, 0.29) is 11.8 Å². The highest BCUT2D eigenvalue weighted by Gasteiger charge is 2.33. The number of aryl methyl sites for hydroxylation is 3. The second-order valence-corrected chi connectivity index (χ2v) is 7.74. The Morgan fingerprint density at radius 2 is 1.73 bits per heavy atom. The van der Waals surface area contributed by atoms with Crippen LogP contribution < -0.4 is 4.74 Å². The van der Waals surface area contributed by atoms with Gasteiger partial charge >= 0.3 is 0 Å². The molecule has 2 heterocycles. The van der Waals surface area contributed by atoms with Crippen LogP contribution in [-0.2, 0) is 30.6 Å². The van der Waals surface area contributed by atoms with Gasteiger partial charge < -0.3 is 14.2 Å². The number of benzene rings is 2. The fraction of sp³-hybridized carbons (Fsp3) is 0.375. The summed E-state index contributed by atoms with van der Waals surface area (Å²) in [5.74, 6) is 2.23. The molecule has 0 spiro atoms. The molecule has 2 aromatic carbocycles. The monoisotopic (exact) mass is 405 g/mol. The predicted molar refractivity (Wildman–Crippen MR) is 113 cm³/mol. The zero-order valence-electron chi connectivity index (χ0n) is 17.5. The maximum absolute atomic E-state index is 12.5. The predicted octanol–water partition coefficient (Wildman–Crippen LogP) is 3.94. The molecule has 0 saturated carbocycles. The Labute approximate surface area is 176 Å². The molecule has 1 atom stereocenters. The van der Waals surface area contributed by atoms with Gasteiger partial charge in [-0.3, -0.25) is 4.79 Å². The lowest BCUT2D eigenvalue weighted by molar-refractivity contribution is -0.128. The first-order valence-electron chi connectivity index (χ1n) is 10.5. The molecule has 1 saturated heterocycles. The molecule has 6 heteroatoms. The van der Waals surface area contributed by atoms with Gasteiger partial charge in [-0.05, 0) is 41.7 Å². The zero-order valence-corrected chi connectivity index (χ0v) is 17.5. The minimum Gasteiger partial charge on any atom is -0.497 e. The van der Waals surface area contributed by atoms with Gasteiger partial charge in [0, 0.05) is 31.8 Å². The van der Waals surface area contributed by atoms with Crippen molar-refractivity contribution < 1.29 is 14.1 Å². The maximum Gasteiger partial charge on any atom is 0.226 e. The number of aromatic nitrogens is 2. The van der Waals surface area contributed by atoms with Crippen molar-refractivity contribution in [2.24, 2.45) is 0 Å². The van der Waals surface area contributed by atoms with E-state index in [4.69, 9.17) is 9.26 Å². The summed E-state index contributed by atoms with van der Waals surface area (Å²) in [6.45, 7) is 3.40. The van der Waals surface area contributed by atoms with Crippen LogP contribution in [0.5, 0.6) is 5.75 Å². The summed E-state index contributed by atoms with van der Waals surface area (Å²) in [4.78, 5) is 18.9. The van der Waals surface area contributed by atoms with Crippen molar-refractivity contribution >= 4 is 5.91 Å². The molecule has 0 radical (unpaired) electrons. The molecule has 3 aromatic rings. The van der Waals surface area contributed by atoms with Crippen LogP contribution in [0.1, 0.15) is 47.7 Å². The fourth-order valence-corrected chi connectivity index (χ4v) is 3.78. The summed E-state index contributed by atoms with van der Waals surface area (Å²) in [7, 11) is 1.66. The van der Waals surface area contributed by atoms with Crippen molar-refractivity contribution in [3.63, 3.8) is 0 Å². The number of hydrogen-bond donors (Lipinski definition) is 0. The Hall–Kier alpha value is -3.15. The Bertz CT molecular complexity index is 980. The van der Waals surface area contributed by atoms with Crippen LogP contribution in [0.4, 0.5) is 0 Å². The first-order valence-corrected chi connectivity index (χ1v) is 10.5. The van der Waals surface area contributed by atoms with Gasteiger partial charge in [-0.15, -0.1) is 0 Å². The van der Waals surface area contributed by atoms with Gasteiger partial charge in [0.2, 0.25) is 11.8 Å². The Kier molecular flexibility index (Phi) is 6.12. The van der Waals surface area contributed by atoms with E-state index in [9.17, 15) is 4.79 Å². The first kappa shape index (κ1) is 20.1. The molecule has 156 valence electrons. The van der Waals surface area contributed by atoms with Gasteiger partial charge in [0.05, 0.1) is 7.11 Å². The molecular weight excluding hydrogens is 378 g/mol. The van der Waals surface area contributed by atoms with Crippen LogP contribution in [0.25, 0.3) is 0 Å². The van der Waals surface area contributed by atoms with Crippen LogP contribution in [0.3, 0.4) is 0 Å². The molecule has 30 heavy (non-hydrogen) atoms. The topological polar surface area (TPSA) is 68.5 Å². The Morgan fingerprint density at radius 1 is 1.03 bits per heavy atom. The molecular formula is C24H27N3O3. The average molecular weight is 405 g/mol. The van der Waals surface area contributed by atoms with Crippen molar-refractivity contribution in [1.82, 2.24) is 15.0 Å². The number of amides is 1. The van der Waals surface area contributed by atoms with Crippen molar-refractivity contribution in [1.29, 1.82) is 0 Å². The molecule has 1 aromatic heterocycles. The second-order valence-electron chi connectivity index (χ2n) is 7.74. The number of likely N-dealkylation sites (tertiary alicyclic amines) is 1. The van der Waals surface area contributed by atoms with Crippen LogP contribution in [0.2, 0.25) is 0 Å². The maximum atomic E-state index is 12.5. The van der Waals surface area contributed by atoms with Crippen molar-refractivity contribution in [3.05, 3.63) is 76.9 Å². The number of nitrogens with zero attached hydrogens (tertiary/aromatic N) is 3. The number of methoxy groups -OCH3 is 1. The minimum absolute atomic E-state index is 0.00842. The molecule has 1 unspecified atom stereocenters. The summed E-state index contributed by atoms with van der Waals surface area (Å²) in [5.41, 5.74) is 3.64. The van der Waals surface area contributed by atoms with E-state index in [1.165, 1.54) is 11.1 Å². The average Bonchev–Trinajstić information content (AvgIpc) is 3.40. The number of carbonyl (C=O) groups excluding carboxylic acids is 1. The minimum atomic E-state index is -0.00842. The third-order valence-corrected chi connectivity index (χ3v) is 5.65. The summed E-state index contributed by atoms with van der Waals surface area (Å²) < 4.78 is 10.6. The van der Waals surface area contributed by atoms with Gasteiger partial charge in [0.25, 0.3) is 0 Å². The van der Waals surface area contributed by atoms with E-state index >= 15 is 0 Å². The molecule has 1 amide bonds. The van der Waals surface area contributed by atoms with Gasteiger partial charge in [-0.1, -0.05) is 48.5 Å². The third-order valence-electron chi connectivity index (χ3n) is 5.65. The highest BCUT2D eigenvalue weighted by Crippen LogP contribution is 2.27. The van der Waals surface area contributed by atoms with Gasteiger partial charge in [-0.25, -0.2) is 0 Å². The molecule has 4 rings (SSSR count). The molecule has 1 aliphatic heterocycles. The Morgan fingerprint density at radius 3 is 2.43 bits per heavy atom. The van der Waals surface area contributed by atoms with Gasteiger partial charge in [0.1, 0.15) is 5.75 Å². The standard InChI is InChI=1S/C24H27N3O3/c1-3-17-4-6-19(7-5-17)15-27-16-20(14-23(27)28)24-25-22(30-26-24)13-10-18-8-11-21(29-2)12-9-18/h4-9,11-12,20H,3,10,13-16H2,1-2H3. The Balaban J connectivity index is 1.33.